The van der Waals surface area contributed by atoms with Crippen LogP contribution < -0.4 is 4.74 Å². The van der Waals surface area contributed by atoms with Crippen LogP contribution in [0.1, 0.15) is 39.0 Å². The van der Waals surface area contributed by atoms with Gasteiger partial charge in [0, 0.05) is 18.1 Å². The number of carbonyl (C=O) groups is 1. The van der Waals surface area contributed by atoms with Gasteiger partial charge >= 0.3 is 6.09 Å². The molecule has 1 aliphatic rings. The molecule has 1 fully saturated rings. The number of hydrogen-bond acceptors (Lipinski definition) is 3. The molecular formula is C19H29ClN2O2. The topological polar surface area (TPSA) is 32.8 Å². The van der Waals surface area contributed by atoms with Gasteiger partial charge in [-0.1, -0.05) is 18.5 Å². The molecule has 0 unspecified atom stereocenters. The van der Waals surface area contributed by atoms with Gasteiger partial charge in [0.05, 0.1) is 0 Å². The Morgan fingerprint density at radius 1 is 1.25 bits per heavy atom. The van der Waals surface area contributed by atoms with Gasteiger partial charge in [-0.3, -0.25) is 0 Å². The number of halogens is 1. The van der Waals surface area contributed by atoms with Gasteiger partial charge in [0.2, 0.25) is 0 Å². The van der Waals surface area contributed by atoms with Crippen molar-refractivity contribution in [2.45, 2.75) is 39.0 Å². The van der Waals surface area contributed by atoms with Gasteiger partial charge in [0.1, 0.15) is 5.75 Å². The summed E-state index contributed by atoms with van der Waals surface area (Å²) in [6, 6.07) is 6.90. The predicted molar refractivity (Wildman–Crippen MR) is 98.8 cm³/mol. The summed E-state index contributed by atoms with van der Waals surface area (Å²) in [5, 5.41) is 0.639. The van der Waals surface area contributed by atoms with Crippen LogP contribution in [0, 0.1) is 5.92 Å². The van der Waals surface area contributed by atoms with Crippen LogP contribution in [-0.2, 0) is 0 Å². The summed E-state index contributed by atoms with van der Waals surface area (Å²) in [6.45, 7) is 6.15. The van der Waals surface area contributed by atoms with Gasteiger partial charge < -0.3 is 14.5 Å². The van der Waals surface area contributed by atoms with Crippen LogP contribution in [-0.4, -0.2) is 49.1 Å². The molecular weight excluding hydrogens is 324 g/mol. The Labute approximate surface area is 150 Å². The lowest BCUT2D eigenvalue weighted by molar-refractivity contribution is 0.128. The van der Waals surface area contributed by atoms with E-state index in [0.717, 1.165) is 31.8 Å². The molecule has 24 heavy (non-hydrogen) atoms. The van der Waals surface area contributed by atoms with Crippen molar-refractivity contribution in [3.05, 3.63) is 29.3 Å². The lowest BCUT2D eigenvalue weighted by Crippen LogP contribution is -2.40. The van der Waals surface area contributed by atoms with Crippen LogP contribution in [0.15, 0.2) is 24.3 Å². The number of amides is 1. The van der Waals surface area contributed by atoms with Crippen molar-refractivity contribution in [1.82, 2.24) is 9.80 Å². The molecule has 2 rings (SSSR count). The van der Waals surface area contributed by atoms with Crippen molar-refractivity contribution in [3.8, 4) is 5.75 Å². The maximum atomic E-state index is 12.2. The molecule has 5 heteroatoms. The molecule has 4 nitrogen and oxygen atoms in total. The van der Waals surface area contributed by atoms with Crippen molar-refractivity contribution in [3.63, 3.8) is 0 Å². The largest absolute Gasteiger partial charge is 0.415 e. The van der Waals surface area contributed by atoms with Crippen LogP contribution in [0.5, 0.6) is 5.75 Å². The van der Waals surface area contributed by atoms with E-state index in [1.807, 2.05) is 4.90 Å². The van der Waals surface area contributed by atoms with Crippen molar-refractivity contribution in [2.75, 3.05) is 33.2 Å². The average molecular weight is 353 g/mol. The first-order valence-electron chi connectivity index (χ1n) is 8.99. The van der Waals surface area contributed by atoms with Crippen LogP contribution >= 0.6 is 11.6 Å². The third-order valence-corrected chi connectivity index (χ3v) is 4.90. The third-order valence-electron chi connectivity index (χ3n) is 4.65. The fourth-order valence-corrected chi connectivity index (χ4v) is 3.34. The van der Waals surface area contributed by atoms with Crippen molar-refractivity contribution in [1.29, 1.82) is 0 Å². The number of rotatable bonds is 7. The molecule has 0 N–H and O–H groups in total. The van der Waals surface area contributed by atoms with Gasteiger partial charge in [0.15, 0.2) is 0 Å². The van der Waals surface area contributed by atoms with Crippen LogP contribution in [0.2, 0.25) is 5.02 Å². The van der Waals surface area contributed by atoms with E-state index in [4.69, 9.17) is 16.3 Å². The Morgan fingerprint density at radius 3 is 2.54 bits per heavy atom. The number of piperidine rings is 1. The van der Waals surface area contributed by atoms with E-state index in [9.17, 15) is 4.79 Å². The van der Waals surface area contributed by atoms with E-state index in [1.54, 1.807) is 24.3 Å². The molecule has 1 aliphatic heterocycles. The zero-order chi connectivity index (χ0) is 17.4. The molecule has 0 aromatic heterocycles. The van der Waals surface area contributed by atoms with E-state index in [0.29, 0.717) is 10.8 Å². The van der Waals surface area contributed by atoms with Crippen molar-refractivity contribution in [2.24, 2.45) is 5.92 Å². The first-order valence-corrected chi connectivity index (χ1v) is 9.37. The molecule has 0 aliphatic carbocycles. The molecule has 0 spiro atoms. The number of benzene rings is 1. The summed E-state index contributed by atoms with van der Waals surface area (Å²) in [4.78, 5) is 16.4. The highest BCUT2D eigenvalue weighted by molar-refractivity contribution is 6.30. The Morgan fingerprint density at radius 2 is 1.92 bits per heavy atom. The highest BCUT2D eigenvalue weighted by Gasteiger charge is 2.23. The number of hydrogen-bond donors (Lipinski definition) is 0. The fourth-order valence-electron chi connectivity index (χ4n) is 3.22. The first kappa shape index (κ1) is 19.1. The molecule has 0 atom stereocenters. The molecule has 1 aromatic rings. The standard InChI is InChI=1S/C19H29ClN2O2/c1-3-12-21(2)13-4-5-16-10-14-22(15-11-16)19(23)24-18-8-6-17(20)7-9-18/h6-9,16H,3-5,10-15H2,1-2H3. The first-order chi connectivity index (χ1) is 11.6. The molecule has 1 aromatic carbocycles. The van der Waals surface area contributed by atoms with E-state index in [1.165, 1.54) is 32.4 Å². The summed E-state index contributed by atoms with van der Waals surface area (Å²) < 4.78 is 5.41. The molecule has 1 amide bonds. The number of ether oxygens (including phenoxy) is 1. The van der Waals surface area contributed by atoms with Crippen LogP contribution in [0.3, 0.4) is 0 Å². The average Bonchev–Trinajstić information content (AvgIpc) is 2.58. The number of nitrogens with zero attached hydrogens (tertiary/aromatic N) is 2. The summed E-state index contributed by atoms with van der Waals surface area (Å²) in [5.74, 6) is 1.28. The number of likely N-dealkylation sites (tertiary alicyclic amines) is 1. The number of carbonyl (C=O) groups excluding carboxylic acids is 1. The second-order valence-electron chi connectivity index (χ2n) is 6.70. The summed E-state index contributed by atoms with van der Waals surface area (Å²) in [7, 11) is 2.19. The molecule has 134 valence electrons. The Hall–Kier alpha value is -1.26. The van der Waals surface area contributed by atoms with Gasteiger partial charge in [-0.15, -0.1) is 0 Å². The minimum atomic E-state index is -0.251. The van der Waals surface area contributed by atoms with Gasteiger partial charge in [0.25, 0.3) is 0 Å². The second kappa shape index (κ2) is 9.90. The summed E-state index contributed by atoms with van der Waals surface area (Å²) in [6.07, 6.45) is 5.62. The van der Waals surface area contributed by atoms with E-state index < -0.39 is 0 Å². The fraction of sp³-hybridized carbons (Fsp3) is 0.632. The summed E-state index contributed by atoms with van der Waals surface area (Å²) in [5.41, 5.74) is 0. The Bertz CT molecular complexity index is 499. The highest BCUT2D eigenvalue weighted by Crippen LogP contribution is 2.23. The molecule has 1 heterocycles. The highest BCUT2D eigenvalue weighted by atomic mass is 35.5. The quantitative estimate of drug-likeness (QED) is 0.714. The monoisotopic (exact) mass is 352 g/mol. The van der Waals surface area contributed by atoms with E-state index >= 15 is 0 Å². The second-order valence-corrected chi connectivity index (χ2v) is 7.13. The lowest BCUT2D eigenvalue weighted by atomic mass is 9.92. The maximum absolute atomic E-state index is 12.2. The van der Waals surface area contributed by atoms with E-state index in [-0.39, 0.29) is 6.09 Å². The van der Waals surface area contributed by atoms with Crippen LogP contribution in [0.4, 0.5) is 4.79 Å². The SMILES string of the molecule is CCCN(C)CCCC1CCN(C(=O)Oc2ccc(Cl)cc2)CC1. The van der Waals surface area contributed by atoms with Crippen molar-refractivity contribution >= 4 is 17.7 Å². The molecule has 0 bridgehead atoms. The smallest absolute Gasteiger partial charge is 0.410 e. The summed E-state index contributed by atoms with van der Waals surface area (Å²) >= 11 is 5.84. The van der Waals surface area contributed by atoms with Crippen LogP contribution in [0.25, 0.3) is 0 Å². The van der Waals surface area contributed by atoms with E-state index in [2.05, 4.69) is 18.9 Å². The maximum Gasteiger partial charge on any atom is 0.415 e. The van der Waals surface area contributed by atoms with Gasteiger partial charge in [-0.05, 0) is 82.4 Å². The predicted octanol–water partition coefficient (Wildman–Crippen LogP) is 4.67. The zero-order valence-corrected chi connectivity index (χ0v) is 15.6. The lowest BCUT2D eigenvalue weighted by Gasteiger charge is -2.31. The van der Waals surface area contributed by atoms with Gasteiger partial charge in [-0.25, -0.2) is 4.79 Å². The van der Waals surface area contributed by atoms with Gasteiger partial charge in [-0.2, -0.15) is 0 Å². The Kier molecular flexibility index (Phi) is 7.86. The van der Waals surface area contributed by atoms with Crippen molar-refractivity contribution < 1.29 is 9.53 Å². The molecule has 0 radical (unpaired) electrons. The zero-order valence-electron chi connectivity index (χ0n) is 14.8. The minimum absolute atomic E-state index is 0.251. The molecule has 1 saturated heterocycles. The third kappa shape index (κ3) is 6.33. The minimum Gasteiger partial charge on any atom is -0.410 e. The normalized spacial score (nSPS) is 15.8. The molecule has 0 saturated carbocycles. The Balaban J connectivity index is 1.66.